The quantitative estimate of drug-likeness (QED) is 0.654. The zero-order chi connectivity index (χ0) is 12.2. The second-order valence-corrected chi connectivity index (χ2v) is 5.21. The molecule has 1 rings (SSSR count). The van der Waals surface area contributed by atoms with E-state index in [1.54, 1.807) is 12.1 Å². The summed E-state index contributed by atoms with van der Waals surface area (Å²) in [6.07, 6.45) is 1.51. The van der Waals surface area contributed by atoms with Crippen molar-refractivity contribution in [3.8, 4) is 0 Å². The molecule has 0 fully saturated rings. The van der Waals surface area contributed by atoms with E-state index in [-0.39, 0.29) is 16.5 Å². The van der Waals surface area contributed by atoms with Crippen molar-refractivity contribution in [2.24, 2.45) is 0 Å². The van der Waals surface area contributed by atoms with Crippen molar-refractivity contribution in [3.63, 3.8) is 0 Å². The highest BCUT2D eigenvalue weighted by Crippen LogP contribution is 2.22. The van der Waals surface area contributed by atoms with Gasteiger partial charge in [0.25, 0.3) is 10.1 Å². The largest absolute Gasteiger partial charge is 0.294 e. The minimum atomic E-state index is -4.26. The van der Waals surface area contributed by atoms with Crippen molar-refractivity contribution in [1.82, 2.24) is 0 Å². The summed E-state index contributed by atoms with van der Waals surface area (Å²) in [5, 5.41) is 10.5. The monoisotopic (exact) mass is 263 g/mol. The molecular weight excluding hydrogens is 252 g/mol. The lowest BCUT2D eigenvalue weighted by molar-refractivity contribution is 0.187. The van der Waals surface area contributed by atoms with Gasteiger partial charge in [-0.2, -0.15) is 8.42 Å². The second kappa shape index (κ2) is 5.63. The van der Waals surface area contributed by atoms with Crippen LogP contribution in [0.25, 0.3) is 0 Å². The number of rotatable bonds is 5. The lowest BCUT2D eigenvalue weighted by Gasteiger charge is -2.06. The van der Waals surface area contributed by atoms with Crippen LogP contribution in [-0.4, -0.2) is 19.6 Å². The standard InChI is InChI=1S/C10H12ClO4S/c11-9-5-4-8(3-1-2-6-12)10(7-9)16(13,14)15/h4-5,7H,1-3,6H2,(H,13,14,15). The summed E-state index contributed by atoms with van der Waals surface area (Å²) < 4.78 is 31.2. The van der Waals surface area contributed by atoms with Crippen LogP contribution in [0.2, 0.25) is 5.02 Å². The first-order valence-corrected chi connectivity index (χ1v) is 6.61. The van der Waals surface area contributed by atoms with Gasteiger partial charge in [-0.15, -0.1) is 0 Å². The molecule has 0 saturated heterocycles. The summed E-state index contributed by atoms with van der Waals surface area (Å²) in [7, 11) is -4.26. The van der Waals surface area contributed by atoms with E-state index in [9.17, 15) is 13.5 Å². The summed E-state index contributed by atoms with van der Waals surface area (Å²) in [6.45, 7) is -0.186. The minimum Gasteiger partial charge on any atom is -0.282 e. The molecule has 1 aromatic rings. The van der Waals surface area contributed by atoms with Crippen LogP contribution < -0.4 is 0 Å². The van der Waals surface area contributed by atoms with Gasteiger partial charge in [0.1, 0.15) is 0 Å². The van der Waals surface area contributed by atoms with Gasteiger partial charge in [0.2, 0.25) is 0 Å². The van der Waals surface area contributed by atoms with Crippen molar-refractivity contribution in [1.29, 1.82) is 0 Å². The van der Waals surface area contributed by atoms with Gasteiger partial charge in [-0.25, -0.2) is 5.11 Å². The molecule has 0 aromatic heterocycles. The molecule has 1 N–H and O–H groups in total. The van der Waals surface area contributed by atoms with Crippen LogP contribution in [0.3, 0.4) is 0 Å². The molecule has 1 aromatic carbocycles. The van der Waals surface area contributed by atoms with Gasteiger partial charge in [0.05, 0.1) is 11.5 Å². The third-order valence-corrected chi connectivity index (χ3v) is 3.32. The van der Waals surface area contributed by atoms with Crippen molar-refractivity contribution >= 4 is 21.7 Å². The molecule has 0 aliphatic carbocycles. The number of halogens is 1. The Labute approximate surface area is 99.6 Å². The topological polar surface area (TPSA) is 74.3 Å². The number of hydrogen-bond donors (Lipinski definition) is 1. The molecule has 89 valence electrons. The smallest absolute Gasteiger partial charge is 0.282 e. The fraction of sp³-hybridized carbons (Fsp3) is 0.400. The Morgan fingerprint density at radius 1 is 1.25 bits per heavy atom. The van der Waals surface area contributed by atoms with Crippen molar-refractivity contribution in [2.45, 2.75) is 24.2 Å². The number of aryl methyl sites for hydroxylation is 1. The molecule has 1 radical (unpaired) electrons. The lowest BCUT2D eigenvalue weighted by Crippen LogP contribution is -2.03. The molecule has 0 heterocycles. The molecule has 0 spiro atoms. The summed E-state index contributed by atoms with van der Waals surface area (Å²) >= 11 is 5.66. The van der Waals surface area contributed by atoms with Gasteiger partial charge in [-0.3, -0.25) is 4.55 Å². The molecule has 0 aliphatic heterocycles. The number of benzene rings is 1. The summed E-state index contributed by atoms with van der Waals surface area (Å²) in [6, 6.07) is 4.32. The second-order valence-electron chi connectivity index (χ2n) is 3.39. The fourth-order valence-corrected chi connectivity index (χ4v) is 2.41. The van der Waals surface area contributed by atoms with Gasteiger partial charge in [0, 0.05) is 5.02 Å². The average molecular weight is 264 g/mol. The molecule has 0 unspecified atom stereocenters. The number of hydrogen-bond acceptors (Lipinski definition) is 2. The van der Waals surface area contributed by atoms with Crippen LogP contribution >= 0.6 is 11.6 Å². The first-order valence-electron chi connectivity index (χ1n) is 4.79. The Morgan fingerprint density at radius 3 is 2.50 bits per heavy atom. The van der Waals surface area contributed by atoms with Crippen LogP contribution in [0, 0.1) is 0 Å². The normalized spacial score (nSPS) is 11.7. The van der Waals surface area contributed by atoms with Crippen LogP contribution in [0.5, 0.6) is 0 Å². The molecule has 6 heteroatoms. The Hall–Kier alpha value is -0.620. The minimum absolute atomic E-state index is 0.175. The van der Waals surface area contributed by atoms with E-state index in [4.69, 9.17) is 16.2 Å². The maximum atomic E-state index is 11.1. The average Bonchev–Trinajstić information content (AvgIpc) is 2.19. The highest BCUT2D eigenvalue weighted by molar-refractivity contribution is 7.85. The molecule has 0 bridgehead atoms. The summed E-state index contributed by atoms with van der Waals surface area (Å²) in [5.41, 5.74) is 0.486. The van der Waals surface area contributed by atoms with Crippen molar-refractivity contribution in [2.75, 3.05) is 6.61 Å². The number of unbranched alkanes of at least 4 members (excludes halogenated alkanes) is 1. The Kier molecular flexibility index (Phi) is 4.73. The molecule has 4 nitrogen and oxygen atoms in total. The first kappa shape index (κ1) is 13.4. The summed E-state index contributed by atoms with van der Waals surface area (Å²) in [5.74, 6) is 0. The molecule has 0 amide bonds. The van der Waals surface area contributed by atoms with Crippen LogP contribution in [-0.2, 0) is 21.6 Å². The van der Waals surface area contributed by atoms with Crippen molar-refractivity contribution in [3.05, 3.63) is 28.8 Å². The maximum absolute atomic E-state index is 11.1. The SMILES string of the molecule is [O]CCCCc1ccc(Cl)cc1S(=O)(=O)O. The molecular formula is C10H12ClO4S. The highest BCUT2D eigenvalue weighted by Gasteiger charge is 2.15. The van der Waals surface area contributed by atoms with Gasteiger partial charge in [-0.1, -0.05) is 17.7 Å². The van der Waals surface area contributed by atoms with E-state index in [1.807, 2.05) is 0 Å². The van der Waals surface area contributed by atoms with Gasteiger partial charge >= 0.3 is 0 Å². The Bertz CT molecular complexity index is 456. The van der Waals surface area contributed by atoms with E-state index in [0.29, 0.717) is 24.8 Å². The van der Waals surface area contributed by atoms with E-state index in [2.05, 4.69) is 0 Å². The Morgan fingerprint density at radius 2 is 1.94 bits per heavy atom. The van der Waals surface area contributed by atoms with Crippen LogP contribution in [0.15, 0.2) is 23.1 Å². The highest BCUT2D eigenvalue weighted by atomic mass is 35.5. The lowest BCUT2D eigenvalue weighted by atomic mass is 10.1. The van der Waals surface area contributed by atoms with Crippen molar-refractivity contribution < 1.29 is 18.1 Å². The van der Waals surface area contributed by atoms with E-state index in [0.717, 1.165) is 0 Å². The van der Waals surface area contributed by atoms with E-state index >= 15 is 0 Å². The Balaban J connectivity index is 2.99. The van der Waals surface area contributed by atoms with E-state index in [1.165, 1.54) is 6.07 Å². The van der Waals surface area contributed by atoms with E-state index < -0.39 is 10.1 Å². The molecule has 16 heavy (non-hydrogen) atoms. The van der Waals surface area contributed by atoms with Crippen LogP contribution in [0.4, 0.5) is 0 Å². The van der Waals surface area contributed by atoms with Gasteiger partial charge < -0.3 is 0 Å². The predicted molar refractivity (Wildman–Crippen MR) is 59.8 cm³/mol. The third kappa shape index (κ3) is 3.75. The van der Waals surface area contributed by atoms with Gasteiger partial charge in [0.15, 0.2) is 0 Å². The first-order chi connectivity index (χ1) is 7.45. The maximum Gasteiger partial charge on any atom is 0.294 e. The van der Waals surface area contributed by atoms with Gasteiger partial charge in [-0.05, 0) is 37.0 Å². The fourth-order valence-electron chi connectivity index (χ4n) is 1.39. The summed E-state index contributed by atoms with van der Waals surface area (Å²) in [4.78, 5) is -0.175. The third-order valence-electron chi connectivity index (χ3n) is 2.15. The predicted octanol–water partition coefficient (Wildman–Crippen LogP) is 2.34. The molecule has 0 aliphatic rings. The van der Waals surface area contributed by atoms with Crippen LogP contribution in [0.1, 0.15) is 18.4 Å². The zero-order valence-electron chi connectivity index (χ0n) is 8.52. The zero-order valence-corrected chi connectivity index (χ0v) is 10.1. The molecule has 0 atom stereocenters. The molecule has 0 saturated carbocycles.